The van der Waals surface area contributed by atoms with E-state index in [4.69, 9.17) is 4.42 Å². The Morgan fingerprint density at radius 1 is 0.475 bits per heavy atom. The van der Waals surface area contributed by atoms with Gasteiger partial charge in [-0.05, 0) is 110 Å². The van der Waals surface area contributed by atoms with Crippen LogP contribution in [-0.4, -0.2) is 0 Å². The van der Waals surface area contributed by atoms with E-state index in [1.54, 1.807) is 0 Å². The Kier molecular flexibility index (Phi) is 8.53. The number of para-hydroxylation sites is 1. The molecular formula is C56H37NOS. The summed E-state index contributed by atoms with van der Waals surface area (Å²) < 4.78 is 8.89. The van der Waals surface area contributed by atoms with Gasteiger partial charge >= 0.3 is 0 Å². The van der Waals surface area contributed by atoms with Crippen molar-refractivity contribution in [1.82, 2.24) is 0 Å². The lowest BCUT2D eigenvalue weighted by Gasteiger charge is -2.28. The first-order valence-electron chi connectivity index (χ1n) is 19.9. The second-order valence-corrected chi connectivity index (χ2v) is 16.0. The zero-order valence-electron chi connectivity index (χ0n) is 32.2. The maximum Gasteiger partial charge on any atom is 0.136 e. The number of rotatable bonds is 8. The zero-order chi connectivity index (χ0) is 39.3. The lowest BCUT2D eigenvalue weighted by molar-refractivity contribution is 0.604. The van der Waals surface area contributed by atoms with Crippen molar-refractivity contribution in [3.63, 3.8) is 0 Å². The molecule has 0 unspecified atom stereocenters. The van der Waals surface area contributed by atoms with Gasteiger partial charge in [-0.25, -0.2) is 0 Å². The molecule has 0 bridgehead atoms. The van der Waals surface area contributed by atoms with Crippen molar-refractivity contribution >= 4 is 99.3 Å². The molecule has 11 aromatic rings. The third-order valence-corrected chi connectivity index (χ3v) is 12.7. The second kappa shape index (κ2) is 14.5. The van der Waals surface area contributed by atoms with Crippen molar-refractivity contribution in [2.45, 2.75) is 0 Å². The zero-order valence-corrected chi connectivity index (χ0v) is 33.0. The number of hydrogen-bond acceptors (Lipinski definition) is 3. The quantitative estimate of drug-likeness (QED) is 0.153. The molecule has 0 saturated carbocycles. The predicted octanol–water partition coefficient (Wildman–Crippen LogP) is 16.7. The van der Waals surface area contributed by atoms with E-state index < -0.39 is 0 Å². The number of fused-ring (bicyclic) bond motifs is 6. The molecule has 2 heterocycles. The smallest absolute Gasteiger partial charge is 0.136 e. The van der Waals surface area contributed by atoms with Gasteiger partial charge in [-0.15, -0.1) is 11.3 Å². The van der Waals surface area contributed by atoms with Crippen LogP contribution in [0.5, 0.6) is 0 Å². The first-order valence-corrected chi connectivity index (χ1v) is 20.8. The summed E-state index contributed by atoms with van der Waals surface area (Å²) in [6.07, 6.45) is 6.21. The normalized spacial score (nSPS) is 11.7. The van der Waals surface area contributed by atoms with Crippen LogP contribution in [0.4, 0.5) is 17.1 Å². The monoisotopic (exact) mass is 771 g/mol. The van der Waals surface area contributed by atoms with Gasteiger partial charge in [-0.2, -0.15) is 0 Å². The molecule has 11 rings (SSSR count). The van der Waals surface area contributed by atoms with E-state index in [0.717, 1.165) is 50.3 Å². The highest BCUT2D eigenvalue weighted by Crippen LogP contribution is 2.46. The molecule has 3 heteroatoms. The van der Waals surface area contributed by atoms with Crippen molar-refractivity contribution in [1.29, 1.82) is 0 Å². The van der Waals surface area contributed by atoms with Crippen LogP contribution in [0, 0.1) is 0 Å². The summed E-state index contributed by atoms with van der Waals surface area (Å²) in [7, 11) is 0. The van der Waals surface area contributed by atoms with E-state index in [-0.39, 0.29) is 0 Å². The minimum atomic E-state index is 0.760. The molecule has 0 atom stereocenters. The predicted molar refractivity (Wildman–Crippen MR) is 255 cm³/mol. The molecule has 0 amide bonds. The van der Waals surface area contributed by atoms with E-state index in [9.17, 15) is 0 Å². The lowest BCUT2D eigenvalue weighted by Crippen LogP contribution is -2.11. The minimum absolute atomic E-state index is 0.760. The Bertz CT molecular complexity index is 3410. The van der Waals surface area contributed by atoms with Crippen LogP contribution in [0.25, 0.3) is 93.2 Å². The van der Waals surface area contributed by atoms with Gasteiger partial charge in [0.05, 0.1) is 16.1 Å². The minimum Gasteiger partial charge on any atom is -0.456 e. The lowest BCUT2D eigenvalue weighted by atomic mass is 9.95. The van der Waals surface area contributed by atoms with Crippen molar-refractivity contribution in [3.8, 4) is 22.3 Å². The summed E-state index contributed by atoms with van der Waals surface area (Å²) in [5.74, 6) is 0.760. The van der Waals surface area contributed by atoms with Crippen LogP contribution in [0.2, 0.25) is 0 Å². The van der Waals surface area contributed by atoms with Crippen LogP contribution in [0.15, 0.2) is 205 Å². The van der Waals surface area contributed by atoms with Crippen LogP contribution < -0.4 is 4.90 Å². The topological polar surface area (TPSA) is 16.4 Å². The van der Waals surface area contributed by atoms with Gasteiger partial charge in [0.2, 0.25) is 0 Å². The average Bonchev–Trinajstić information content (AvgIpc) is 3.86. The molecule has 2 aromatic heterocycles. The standard InChI is InChI=1S/C56H37NOS/c1-2-53-47(50-35-41-16-3-4-17-42(41)36-54(50)58-53)33-30-39-15-6-9-25-51(39)57(52-26-13-24-49-48-22-8-10-27-55(48)59-56(49)52)44-31-28-37(29-32-44)40-19-11-20-43(34-40)46-23-12-18-38-14-5-7-21-45(38)46/h2-36H,1H2/b33-30+. The van der Waals surface area contributed by atoms with Crippen molar-refractivity contribution in [3.05, 3.63) is 218 Å². The molecule has 0 spiro atoms. The molecule has 2 nitrogen and oxygen atoms in total. The van der Waals surface area contributed by atoms with Gasteiger partial charge < -0.3 is 9.32 Å². The Morgan fingerprint density at radius 2 is 1.14 bits per heavy atom. The van der Waals surface area contributed by atoms with Crippen molar-refractivity contribution < 1.29 is 4.42 Å². The van der Waals surface area contributed by atoms with Crippen LogP contribution in [-0.2, 0) is 0 Å². The Balaban J connectivity index is 1.04. The van der Waals surface area contributed by atoms with Gasteiger partial charge in [0.15, 0.2) is 0 Å². The molecular weight excluding hydrogens is 735 g/mol. The van der Waals surface area contributed by atoms with Gasteiger partial charge in [-0.3, -0.25) is 0 Å². The third-order valence-electron chi connectivity index (χ3n) is 11.5. The summed E-state index contributed by atoms with van der Waals surface area (Å²) in [6, 6.07) is 69.9. The summed E-state index contributed by atoms with van der Waals surface area (Å²) >= 11 is 1.85. The average molecular weight is 772 g/mol. The van der Waals surface area contributed by atoms with E-state index >= 15 is 0 Å². The van der Waals surface area contributed by atoms with Crippen LogP contribution in [0.3, 0.4) is 0 Å². The van der Waals surface area contributed by atoms with Gasteiger partial charge in [0, 0.05) is 32.1 Å². The van der Waals surface area contributed by atoms with Gasteiger partial charge in [0.1, 0.15) is 11.3 Å². The molecule has 0 radical (unpaired) electrons. The largest absolute Gasteiger partial charge is 0.456 e. The fourth-order valence-electron chi connectivity index (χ4n) is 8.61. The third kappa shape index (κ3) is 6.12. The van der Waals surface area contributed by atoms with E-state index in [2.05, 4.69) is 218 Å². The first kappa shape index (κ1) is 34.8. The van der Waals surface area contributed by atoms with E-state index in [1.807, 2.05) is 17.4 Å². The van der Waals surface area contributed by atoms with Gasteiger partial charge in [0.25, 0.3) is 0 Å². The highest BCUT2D eigenvalue weighted by atomic mass is 32.1. The molecule has 0 fully saturated rings. The molecule has 9 aromatic carbocycles. The van der Waals surface area contributed by atoms with Crippen molar-refractivity contribution in [2.24, 2.45) is 0 Å². The molecule has 0 saturated heterocycles. The van der Waals surface area contributed by atoms with Crippen LogP contribution in [0.1, 0.15) is 16.9 Å². The fourth-order valence-corrected chi connectivity index (χ4v) is 9.82. The molecule has 59 heavy (non-hydrogen) atoms. The SMILES string of the molecule is C=Cc1oc2cc3ccccc3cc2c1/C=C/c1ccccc1N(c1ccc(-c2cccc(-c3cccc4ccccc34)c2)cc1)c1cccc2c1sc1ccccc12. The number of benzene rings is 9. The fraction of sp³-hybridized carbons (Fsp3) is 0. The summed E-state index contributed by atoms with van der Waals surface area (Å²) in [5, 5.41) is 8.45. The number of furan rings is 1. The van der Waals surface area contributed by atoms with E-state index in [0.29, 0.717) is 0 Å². The Hall–Kier alpha value is -7.46. The molecule has 0 aliphatic rings. The summed E-state index contributed by atoms with van der Waals surface area (Å²) in [4.78, 5) is 2.42. The number of nitrogens with zero attached hydrogens (tertiary/aromatic N) is 1. The second-order valence-electron chi connectivity index (χ2n) is 14.9. The summed E-state index contributed by atoms with van der Waals surface area (Å²) in [5.41, 5.74) is 11.1. The molecule has 278 valence electrons. The number of anilines is 3. The molecule has 0 aliphatic carbocycles. The number of hydrogen-bond donors (Lipinski definition) is 0. The Labute approximate surface area is 346 Å². The van der Waals surface area contributed by atoms with Gasteiger partial charge in [-0.1, -0.05) is 158 Å². The summed E-state index contributed by atoms with van der Waals surface area (Å²) in [6.45, 7) is 4.11. The number of thiophene rings is 1. The Morgan fingerprint density at radius 3 is 2.00 bits per heavy atom. The highest BCUT2D eigenvalue weighted by molar-refractivity contribution is 7.26. The van der Waals surface area contributed by atoms with E-state index in [1.165, 1.54) is 58.6 Å². The maximum atomic E-state index is 6.36. The molecule has 0 aliphatic heterocycles. The first-order chi connectivity index (χ1) is 29.2. The van der Waals surface area contributed by atoms with Crippen molar-refractivity contribution in [2.75, 3.05) is 4.90 Å². The maximum absolute atomic E-state index is 6.36. The van der Waals surface area contributed by atoms with Crippen LogP contribution >= 0.6 is 11.3 Å². The molecule has 0 N–H and O–H groups in total. The highest BCUT2D eigenvalue weighted by Gasteiger charge is 2.20.